The summed E-state index contributed by atoms with van der Waals surface area (Å²) in [5, 5.41) is 0. The number of benzene rings is 1. The Morgan fingerprint density at radius 1 is 1.00 bits per heavy atom. The van der Waals surface area contributed by atoms with Crippen molar-refractivity contribution in [3.05, 3.63) is 42.6 Å². The van der Waals surface area contributed by atoms with Crippen molar-refractivity contribution in [1.82, 2.24) is 4.90 Å². The van der Waals surface area contributed by atoms with E-state index in [1.807, 2.05) is 24.4 Å². The van der Waals surface area contributed by atoms with Gasteiger partial charge in [0.25, 0.3) is 0 Å². The first kappa shape index (κ1) is 13.7. The van der Waals surface area contributed by atoms with Crippen molar-refractivity contribution in [2.75, 3.05) is 13.1 Å². The summed E-state index contributed by atoms with van der Waals surface area (Å²) in [6, 6.07) is 9.16. The van der Waals surface area contributed by atoms with Crippen LogP contribution in [0.15, 0.2) is 42.6 Å². The Bertz CT molecular complexity index is 406. The van der Waals surface area contributed by atoms with Crippen molar-refractivity contribution in [3.63, 3.8) is 0 Å². The molecule has 2 rings (SSSR count). The number of hydrogen-bond donors (Lipinski definition) is 0. The highest BCUT2D eigenvalue weighted by Gasteiger charge is 2.05. The van der Waals surface area contributed by atoms with Crippen molar-refractivity contribution < 1.29 is 9.53 Å². The quantitative estimate of drug-likeness (QED) is 0.473. The van der Waals surface area contributed by atoms with Crippen LogP contribution in [0.2, 0.25) is 0 Å². The summed E-state index contributed by atoms with van der Waals surface area (Å²) in [6.45, 7) is 2.07. The summed E-state index contributed by atoms with van der Waals surface area (Å²) in [6.07, 6.45) is 9.73. The fourth-order valence-electron chi connectivity index (χ4n) is 2.23. The van der Waals surface area contributed by atoms with Crippen LogP contribution in [0.25, 0.3) is 0 Å². The van der Waals surface area contributed by atoms with Crippen LogP contribution >= 0.6 is 0 Å². The smallest absolute Gasteiger partial charge is 0.337 e. The lowest BCUT2D eigenvalue weighted by Gasteiger charge is -2.22. The molecule has 102 valence electrons. The molecule has 1 aromatic rings. The molecule has 1 heterocycles. The number of rotatable bonds is 3. The van der Waals surface area contributed by atoms with E-state index in [1.165, 1.54) is 38.2 Å². The zero-order chi connectivity index (χ0) is 13.3. The van der Waals surface area contributed by atoms with E-state index in [1.54, 1.807) is 12.1 Å². The number of carbonyl (C=O) groups excluding carboxylic acids is 1. The third-order valence-electron chi connectivity index (χ3n) is 3.27. The number of esters is 1. The molecule has 0 N–H and O–H groups in total. The molecular weight excluding hydrogens is 238 g/mol. The molecule has 0 aromatic heterocycles. The maximum Gasteiger partial charge on any atom is 0.337 e. The lowest BCUT2D eigenvalue weighted by atomic mass is 10.1. The second-order valence-corrected chi connectivity index (χ2v) is 4.85. The van der Waals surface area contributed by atoms with Crippen molar-refractivity contribution in [2.24, 2.45) is 0 Å². The molecule has 0 radical (unpaired) electrons. The van der Waals surface area contributed by atoms with Crippen molar-refractivity contribution in [2.45, 2.75) is 32.1 Å². The summed E-state index contributed by atoms with van der Waals surface area (Å²) >= 11 is 0. The standard InChI is InChI=1S/C16H21NO2/c18-16(19-15-9-5-4-6-10-15)11-14-17-12-7-2-1-3-8-13-17/h4-6,9-11,14H,1-3,7-8,12-13H2. The van der Waals surface area contributed by atoms with E-state index in [2.05, 4.69) is 4.90 Å². The van der Waals surface area contributed by atoms with Crippen LogP contribution in [-0.2, 0) is 4.79 Å². The van der Waals surface area contributed by atoms with Crippen molar-refractivity contribution in [3.8, 4) is 5.75 Å². The van der Waals surface area contributed by atoms with E-state index in [0.717, 1.165) is 13.1 Å². The van der Waals surface area contributed by atoms with Gasteiger partial charge in [0.15, 0.2) is 0 Å². The summed E-state index contributed by atoms with van der Waals surface area (Å²) < 4.78 is 5.21. The number of hydrogen-bond acceptors (Lipinski definition) is 3. The van der Waals surface area contributed by atoms with Gasteiger partial charge in [0, 0.05) is 25.4 Å². The predicted molar refractivity (Wildman–Crippen MR) is 75.9 cm³/mol. The Morgan fingerprint density at radius 3 is 2.32 bits per heavy atom. The normalized spacial score (nSPS) is 16.9. The topological polar surface area (TPSA) is 29.5 Å². The Hall–Kier alpha value is -1.77. The summed E-state index contributed by atoms with van der Waals surface area (Å²) in [5.74, 6) is 0.276. The van der Waals surface area contributed by atoms with E-state index in [-0.39, 0.29) is 5.97 Å². The molecule has 19 heavy (non-hydrogen) atoms. The van der Waals surface area contributed by atoms with Gasteiger partial charge in [0.05, 0.1) is 0 Å². The average molecular weight is 259 g/mol. The van der Waals surface area contributed by atoms with Crippen LogP contribution in [-0.4, -0.2) is 24.0 Å². The second kappa shape index (κ2) is 7.62. The lowest BCUT2D eigenvalue weighted by molar-refractivity contribution is -0.129. The lowest BCUT2D eigenvalue weighted by Crippen LogP contribution is -2.22. The molecule has 0 spiro atoms. The Labute approximate surface area is 114 Å². The molecule has 3 nitrogen and oxygen atoms in total. The monoisotopic (exact) mass is 259 g/mol. The molecule has 1 aliphatic heterocycles. The predicted octanol–water partition coefficient (Wildman–Crippen LogP) is 3.37. The van der Waals surface area contributed by atoms with Crippen LogP contribution in [0.1, 0.15) is 32.1 Å². The third-order valence-corrected chi connectivity index (χ3v) is 3.27. The minimum atomic E-state index is -0.312. The molecule has 1 fully saturated rings. The van der Waals surface area contributed by atoms with Gasteiger partial charge < -0.3 is 9.64 Å². The van der Waals surface area contributed by atoms with Gasteiger partial charge in [-0.05, 0) is 25.0 Å². The highest BCUT2D eigenvalue weighted by atomic mass is 16.5. The van der Waals surface area contributed by atoms with Crippen LogP contribution in [0.5, 0.6) is 5.75 Å². The molecule has 3 heteroatoms. The SMILES string of the molecule is O=C(C=CN1CCCCCCC1)Oc1ccccc1. The highest BCUT2D eigenvalue weighted by Crippen LogP contribution is 2.11. The first-order chi connectivity index (χ1) is 9.34. The van der Waals surface area contributed by atoms with E-state index in [4.69, 9.17) is 4.74 Å². The van der Waals surface area contributed by atoms with E-state index in [0.29, 0.717) is 5.75 Å². The molecule has 0 bridgehead atoms. The van der Waals surface area contributed by atoms with Gasteiger partial charge in [-0.25, -0.2) is 4.79 Å². The molecule has 0 unspecified atom stereocenters. The number of ether oxygens (including phenoxy) is 1. The first-order valence-electron chi connectivity index (χ1n) is 7.04. The van der Waals surface area contributed by atoms with Crippen LogP contribution in [0, 0.1) is 0 Å². The number of nitrogens with zero attached hydrogens (tertiary/aromatic N) is 1. The maximum absolute atomic E-state index is 11.7. The summed E-state index contributed by atoms with van der Waals surface area (Å²) in [4.78, 5) is 13.9. The zero-order valence-corrected chi connectivity index (χ0v) is 11.3. The molecule has 1 saturated heterocycles. The van der Waals surface area contributed by atoms with E-state index < -0.39 is 0 Å². The molecule has 0 amide bonds. The molecular formula is C16H21NO2. The van der Waals surface area contributed by atoms with Crippen LogP contribution < -0.4 is 4.74 Å². The van der Waals surface area contributed by atoms with Gasteiger partial charge in [-0.3, -0.25) is 0 Å². The Balaban J connectivity index is 1.81. The van der Waals surface area contributed by atoms with Gasteiger partial charge in [-0.15, -0.1) is 0 Å². The van der Waals surface area contributed by atoms with Gasteiger partial charge in [0.2, 0.25) is 0 Å². The fourth-order valence-corrected chi connectivity index (χ4v) is 2.23. The summed E-state index contributed by atoms with van der Waals surface area (Å²) in [7, 11) is 0. The fraction of sp³-hybridized carbons (Fsp3) is 0.438. The van der Waals surface area contributed by atoms with E-state index in [9.17, 15) is 4.79 Å². The molecule has 1 aromatic carbocycles. The van der Waals surface area contributed by atoms with Crippen molar-refractivity contribution in [1.29, 1.82) is 0 Å². The zero-order valence-electron chi connectivity index (χ0n) is 11.3. The second-order valence-electron chi connectivity index (χ2n) is 4.85. The third kappa shape index (κ3) is 5.16. The largest absolute Gasteiger partial charge is 0.423 e. The molecule has 0 aliphatic carbocycles. The maximum atomic E-state index is 11.7. The summed E-state index contributed by atoms with van der Waals surface area (Å²) in [5.41, 5.74) is 0. The van der Waals surface area contributed by atoms with Gasteiger partial charge in [-0.1, -0.05) is 37.5 Å². The van der Waals surface area contributed by atoms with Gasteiger partial charge in [0.1, 0.15) is 5.75 Å². The average Bonchev–Trinajstić information content (AvgIpc) is 2.38. The minimum absolute atomic E-state index is 0.312. The highest BCUT2D eigenvalue weighted by molar-refractivity contribution is 5.83. The number of likely N-dealkylation sites (tertiary alicyclic amines) is 1. The van der Waals surface area contributed by atoms with Gasteiger partial charge >= 0.3 is 5.97 Å². The number of para-hydroxylation sites is 1. The van der Waals surface area contributed by atoms with E-state index >= 15 is 0 Å². The molecule has 1 aliphatic rings. The van der Waals surface area contributed by atoms with Gasteiger partial charge in [-0.2, -0.15) is 0 Å². The number of carbonyl (C=O) groups is 1. The minimum Gasteiger partial charge on any atom is -0.423 e. The van der Waals surface area contributed by atoms with Crippen LogP contribution in [0.3, 0.4) is 0 Å². The molecule has 0 atom stereocenters. The van der Waals surface area contributed by atoms with Crippen LogP contribution in [0.4, 0.5) is 0 Å². The molecule has 0 saturated carbocycles. The first-order valence-corrected chi connectivity index (χ1v) is 7.04. The Morgan fingerprint density at radius 2 is 1.63 bits per heavy atom. The van der Waals surface area contributed by atoms with Crippen molar-refractivity contribution >= 4 is 5.97 Å². The Kier molecular flexibility index (Phi) is 5.48.